The third-order valence-electron chi connectivity index (χ3n) is 4.61. The Hall–Kier alpha value is -2.31. The van der Waals surface area contributed by atoms with Crippen molar-refractivity contribution in [2.24, 2.45) is 0 Å². The molecule has 1 fully saturated rings. The largest absolute Gasteiger partial charge is 0.454 e. The highest BCUT2D eigenvalue weighted by Crippen LogP contribution is 2.37. The Morgan fingerprint density at radius 3 is 2.68 bits per heavy atom. The molecular formula is C19H19NO4S. The molecule has 1 saturated heterocycles. The van der Waals surface area contributed by atoms with E-state index in [1.54, 1.807) is 10.4 Å². The number of sulfonamides is 1. The first-order valence-electron chi connectivity index (χ1n) is 8.25. The molecule has 0 N–H and O–H groups in total. The number of rotatable bonds is 4. The first-order chi connectivity index (χ1) is 12.1. The summed E-state index contributed by atoms with van der Waals surface area (Å²) in [6, 6.07) is 15.3. The van der Waals surface area contributed by atoms with Gasteiger partial charge < -0.3 is 9.47 Å². The van der Waals surface area contributed by atoms with Crippen molar-refractivity contribution in [1.82, 2.24) is 4.31 Å². The van der Waals surface area contributed by atoms with Gasteiger partial charge in [-0.05, 0) is 41.7 Å². The van der Waals surface area contributed by atoms with Crippen LogP contribution in [0.15, 0.2) is 53.9 Å². The van der Waals surface area contributed by atoms with Gasteiger partial charge in [0.25, 0.3) is 0 Å². The molecule has 5 nitrogen and oxygen atoms in total. The number of ether oxygens (including phenoxy) is 2. The van der Waals surface area contributed by atoms with Crippen molar-refractivity contribution in [2.45, 2.75) is 12.3 Å². The molecule has 2 aromatic carbocycles. The van der Waals surface area contributed by atoms with Gasteiger partial charge in [-0.25, -0.2) is 8.42 Å². The van der Waals surface area contributed by atoms with E-state index >= 15 is 0 Å². The minimum absolute atomic E-state index is 0.175. The van der Waals surface area contributed by atoms with Crippen LogP contribution in [0.25, 0.3) is 6.08 Å². The van der Waals surface area contributed by atoms with E-state index < -0.39 is 10.0 Å². The van der Waals surface area contributed by atoms with Gasteiger partial charge in [0, 0.05) is 18.5 Å². The Morgan fingerprint density at radius 2 is 1.84 bits per heavy atom. The Kier molecular flexibility index (Phi) is 4.23. The Balaban J connectivity index is 1.47. The third-order valence-corrected chi connectivity index (χ3v) is 6.14. The minimum Gasteiger partial charge on any atom is -0.454 e. The van der Waals surface area contributed by atoms with Gasteiger partial charge in [-0.1, -0.05) is 36.4 Å². The van der Waals surface area contributed by atoms with Crippen molar-refractivity contribution in [3.05, 3.63) is 65.1 Å². The van der Waals surface area contributed by atoms with Gasteiger partial charge in [-0.3, -0.25) is 0 Å². The fraction of sp³-hybridized carbons (Fsp3) is 0.263. The highest BCUT2D eigenvalue weighted by molar-refractivity contribution is 7.92. The van der Waals surface area contributed by atoms with Crippen LogP contribution in [0.5, 0.6) is 11.5 Å². The SMILES string of the molecule is O=S(=O)(/C=C/c1ccccc1)N1CCC(c2ccc3c(c2)OCO3)C1. The molecule has 2 aliphatic heterocycles. The normalized spacial score (nSPS) is 20.4. The zero-order chi connectivity index (χ0) is 17.3. The molecule has 1 unspecified atom stereocenters. The monoisotopic (exact) mass is 357 g/mol. The smallest absolute Gasteiger partial charge is 0.236 e. The summed E-state index contributed by atoms with van der Waals surface area (Å²) in [5.41, 5.74) is 1.96. The molecular weight excluding hydrogens is 338 g/mol. The molecule has 2 heterocycles. The molecule has 0 aromatic heterocycles. The Labute approximate surface area is 147 Å². The van der Waals surface area contributed by atoms with E-state index in [1.165, 1.54) is 5.41 Å². The summed E-state index contributed by atoms with van der Waals surface area (Å²) in [5, 5.41) is 1.30. The van der Waals surface area contributed by atoms with E-state index in [2.05, 4.69) is 0 Å². The van der Waals surface area contributed by atoms with Crippen molar-refractivity contribution >= 4 is 16.1 Å². The van der Waals surface area contributed by atoms with Gasteiger partial charge in [0.05, 0.1) is 0 Å². The average molecular weight is 357 g/mol. The lowest BCUT2D eigenvalue weighted by Crippen LogP contribution is -2.26. The van der Waals surface area contributed by atoms with E-state index in [4.69, 9.17) is 9.47 Å². The number of hydrogen-bond donors (Lipinski definition) is 0. The van der Waals surface area contributed by atoms with Crippen LogP contribution >= 0.6 is 0 Å². The van der Waals surface area contributed by atoms with Crippen LogP contribution in [-0.4, -0.2) is 32.6 Å². The van der Waals surface area contributed by atoms with Gasteiger partial charge in [0.1, 0.15) is 0 Å². The standard InChI is InChI=1S/C19H19NO4S/c21-25(22,11-9-15-4-2-1-3-5-15)20-10-8-17(13-20)16-6-7-18-19(12-16)24-14-23-18/h1-7,9,11-12,17H,8,10,13-14H2/b11-9+. The second-order valence-electron chi connectivity index (χ2n) is 6.21. The Morgan fingerprint density at radius 1 is 1.04 bits per heavy atom. The summed E-state index contributed by atoms with van der Waals surface area (Å²) >= 11 is 0. The predicted molar refractivity (Wildman–Crippen MR) is 95.9 cm³/mol. The molecule has 2 aromatic rings. The van der Waals surface area contributed by atoms with Crippen molar-refractivity contribution < 1.29 is 17.9 Å². The van der Waals surface area contributed by atoms with E-state index in [-0.39, 0.29) is 12.7 Å². The fourth-order valence-electron chi connectivity index (χ4n) is 3.21. The van der Waals surface area contributed by atoms with Crippen molar-refractivity contribution in [2.75, 3.05) is 19.9 Å². The van der Waals surface area contributed by atoms with Gasteiger partial charge in [-0.15, -0.1) is 0 Å². The maximum atomic E-state index is 12.6. The summed E-state index contributed by atoms with van der Waals surface area (Å²) in [4.78, 5) is 0. The van der Waals surface area contributed by atoms with E-state index in [9.17, 15) is 8.42 Å². The summed E-state index contributed by atoms with van der Waals surface area (Å²) in [6.07, 6.45) is 2.45. The Bertz CT molecular complexity index is 893. The number of benzene rings is 2. The molecule has 4 rings (SSSR count). The zero-order valence-electron chi connectivity index (χ0n) is 13.7. The lowest BCUT2D eigenvalue weighted by Gasteiger charge is -2.14. The van der Waals surface area contributed by atoms with Crippen LogP contribution in [-0.2, 0) is 10.0 Å². The van der Waals surface area contributed by atoms with Crippen LogP contribution in [0.4, 0.5) is 0 Å². The predicted octanol–water partition coefficient (Wildman–Crippen LogP) is 3.21. The van der Waals surface area contributed by atoms with Gasteiger partial charge >= 0.3 is 0 Å². The summed E-state index contributed by atoms with van der Waals surface area (Å²) in [5.74, 6) is 1.66. The maximum absolute atomic E-state index is 12.6. The van der Waals surface area contributed by atoms with Crippen molar-refractivity contribution in [1.29, 1.82) is 0 Å². The highest BCUT2D eigenvalue weighted by atomic mass is 32.2. The molecule has 1 atom stereocenters. The van der Waals surface area contributed by atoms with Crippen LogP contribution in [0, 0.1) is 0 Å². The zero-order valence-corrected chi connectivity index (χ0v) is 14.5. The van der Waals surface area contributed by atoms with Crippen LogP contribution < -0.4 is 9.47 Å². The van der Waals surface area contributed by atoms with Crippen LogP contribution in [0.2, 0.25) is 0 Å². The van der Waals surface area contributed by atoms with Gasteiger partial charge in [0.15, 0.2) is 11.5 Å². The molecule has 0 spiro atoms. The molecule has 130 valence electrons. The molecule has 0 saturated carbocycles. The third kappa shape index (κ3) is 3.41. The molecule has 6 heteroatoms. The van der Waals surface area contributed by atoms with Crippen molar-refractivity contribution in [3.8, 4) is 11.5 Å². The quantitative estimate of drug-likeness (QED) is 0.843. The maximum Gasteiger partial charge on any atom is 0.236 e. The molecule has 0 amide bonds. The summed E-state index contributed by atoms with van der Waals surface area (Å²) < 4.78 is 37.4. The van der Waals surface area contributed by atoms with Crippen LogP contribution in [0.1, 0.15) is 23.5 Å². The lowest BCUT2D eigenvalue weighted by atomic mass is 9.98. The fourth-order valence-corrected chi connectivity index (χ4v) is 4.46. The lowest BCUT2D eigenvalue weighted by molar-refractivity contribution is 0.174. The topological polar surface area (TPSA) is 55.8 Å². The number of fused-ring (bicyclic) bond motifs is 1. The number of nitrogens with zero attached hydrogens (tertiary/aromatic N) is 1. The second kappa shape index (κ2) is 6.54. The first kappa shape index (κ1) is 16.2. The van der Waals surface area contributed by atoms with E-state index in [0.29, 0.717) is 13.1 Å². The molecule has 25 heavy (non-hydrogen) atoms. The molecule has 2 aliphatic rings. The molecule has 0 radical (unpaired) electrons. The number of hydrogen-bond acceptors (Lipinski definition) is 4. The summed E-state index contributed by atoms with van der Waals surface area (Å²) in [6.45, 7) is 1.26. The second-order valence-corrected chi connectivity index (χ2v) is 8.03. The minimum atomic E-state index is -3.41. The van der Waals surface area contributed by atoms with Gasteiger partial charge in [-0.2, -0.15) is 4.31 Å². The van der Waals surface area contributed by atoms with Gasteiger partial charge in [0.2, 0.25) is 16.8 Å². The summed E-state index contributed by atoms with van der Waals surface area (Å²) in [7, 11) is -3.41. The van der Waals surface area contributed by atoms with Crippen LogP contribution in [0.3, 0.4) is 0 Å². The molecule has 0 aliphatic carbocycles. The van der Waals surface area contributed by atoms with E-state index in [1.807, 2.05) is 48.5 Å². The first-order valence-corrected chi connectivity index (χ1v) is 9.75. The molecule has 0 bridgehead atoms. The average Bonchev–Trinajstić information content (AvgIpc) is 3.30. The van der Waals surface area contributed by atoms with E-state index in [0.717, 1.165) is 29.0 Å². The van der Waals surface area contributed by atoms with Crippen molar-refractivity contribution in [3.63, 3.8) is 0 Å². The highest BCUT2D eigenvalue weighted by Gasteiger charge is 2.31.